The minimum Gasteiger partial charge on any atom is -0.496 e. The molecule has 2 amide bonds. The molecule has 0 radical (unpaired) electrons. The summed E-state index contributed by atoms with van der Waals surface area (Å²) in [5, 5.41) is 11.7. The van der Waals surface area contributed by atoms with Crippen LogP contribution in [-0.2, 0) is 15.0 Å². The number of methoxy groups -OCH3 is 1. The van der Waals surface area contributed by atoms with Gasteiger partial charge in [-0.3, -0.25) is 14.3 Å². The minimum absolute atomic E-state index is 0.113. The standard InChI is InChI=1S/C33H42N4O6S/c1-33(2,3)37(32(39)40)31-28-26(27(28)30(38)34-44(41,42)35(4)5)22-15-11-10-14-21(22)24-18-23-25(43-6)17-16-20(29(23)36(24)31)19-12-8-7-9-13-19/h11,15-19,21,27H,7-10,12-14H2,1-6H3,(H,34,38)(H,39,40). The van der Waals surface area contributed by atoms with Crippen molar-refractivity contribution < 1.29 is 27.9 Å². The second-order valence-electron chi connectivity index (χ2n) is 13.5. The van der Waals surface area contributed by atoms with E-state index in [-0.39, 0.29) is 5.92 Å². The summed E-state index contributed by atoms with van der Waals surface area (Å²) in [6.45, 7) is 5.50. The number of fused-ring (bicyclic) bond motifs is 6. The first kappa shape index (κ1) is 30.5. The predicted molar refractivity (Wildman–Crippen MR) is 170 cm³/mol. The van der Waals surface area contributed by atoms with Gasteiger partial charge >= 0.3 is 16.3 Å². The third kappa shape index (κ3) is 4.84. The van der Waals surface area contributed by atoms with Gasteiger partial charge in [0.25, 0.3) is 0 Å². The first-order chi connectivity index (χ1) is 20.8. The number of ether oxygens (including phenoxy) is 1. The Labute approximate surface area is 259 Å². The Morgan fingerprint density at radius 3 is 2.39 bits per heavy atom. The molecule has 3 aliphatic carbocycles. The number of aromatic nitrogens is 1. The molecule has 1 aromatic heterocycles. The molecule has 236 valence electrons. The molecule has 4 aliphatic rings. The molecular weight excluding hydrogens is 580 g/mol. The van der Waals surface area contributed by atoms with Crippen molar-refractivity contribution in [3.63, 3.8) is 0 Å². The number of nitrogens with one attached hydrogen (secondary N) is 1. The zero-order valence-corrected chi connectivity index (χ0v) is 27.1. The van der Waals surface area contributed by atoms with Crippen LogP contribution in [-0.4, -0.2) is 66.0 Å². The summed E-state index contributed by atoms with van der Waals surface area (Å²) in [5.74, 6) is -0.290. The average Bonchev–Trinajstić information content (AvgIpc) is 3.60. The highest BCUT2D eigenvalue weighted by Gasteiger charge is 2.55. The lowest BCUT2D eigenvalue weighted by Crippen LogP contribution is -2.45. The van der Waals surface area contributed by atoms with Crippen LogP contribution < -0.4 is 9.46 Å². The Balaban J connectivity index is 1.71. The topological polar surface area (TPSA) is 121 Å². The molecule has 6 rings (SSSR count). The van der Waals surface area contributed by atoms with Gasteiger partial charge in [0.05, 0.1) is 18.5 Å². The summed E-state index contributed by atoms with van der Waals surface area (Å²) in [5.41, 5.74) is 4.33. The zero-order chi connectivity index (χ0) is 31.7. The molecule has 0 spiro atoms. The van der Waals surface area contributed by atoms with Crippen LogP contribution in [0.15, 0.2) is 47.1 Å². The van der Waals surface area contributed by atoms with Crippen LogP contribution in [0.4, 0.5) is 4.79 Å². The molecule has 44 heavy (non-hydrogen) atoms. The van der Waals surface area contributed by atoms with Gasteiger partial charge in [0.15, 0.2) is 0 Å². The van der Waals surface area contributed by atoms with Gasteiger partial charge in [-0.05, 0) is 81.2 Å². The van der Waals surface area contributed by atoms with Crippen LogP contribution in [0, 0.1) is 5.92 Å². The monoisotopic (exact) mass is 622 g/mol. The summed E-state index contributed by atoms with van der Waals surface area (Å²) in [4.78, 5) is 28.4. The summed E-state index contributed by atoms with van der Waals surface area (Å²) in [7, 11) is 0.301. The molecule has 2 saturated carbocycles. The molecule has 0 saturated heterocycles. The highest BCUT2D eigenvalue weighted by molar-refractivity contribution is 7.87. The van der Waals surface area contributed by atoms with Crippen molar-refractivity contribution in [1.82, 2.24) is 18.5 Å². The molecule has 2 unspecified atom stereocenters. The van der Waals surface area contributed by atoms with Crippen LogP contribution in [0.25, 0.3) is 16.7 Å². The molecule has 11 heteroatoms. The van der Waals surface area contributed by atoms with Crippen molar-refractivity contribution >= 4 is 38.9 Å². The summed E-state index contributed by atoms with van der Waals surface area (Å²) in [6.07, 6.45) is 10.1. The molecule has 0 bridgehead atoms. The maximum Gasteiger partial charge on any atom is 0.413 e. The number of hydrogen-bond acceptors (Lipinski definition) is 5. The fourth-order valence-electron chi connectivity index (χ4n) is 7.44. The van der Waals surface area contributed by atoms with Gasteiger partial charge in [0, 0.05) is 42.2 Å². The fraction of sp³-hybridized carbons (Fsp3) is 0.515. The quantitative estimate of drug-likeness (QED) is 0.411. The van der Waals surface area contributed by atoms with Crippen molar-refractivity contribution in [2.24, 2.45) is 5.92 Å². The summed E-state index contributed by atoms with van der Waals surface area (Å²) >= 11 is 0. The van der Waals surface area contributed by atoms with E-state index in [0.29, 0.717) is 28.6 Å². The van der Waals surface area contributed by atoms with Crippen LogP contribution in [0.3, 0.4) is 0 Å². The van der Waals surface area contributed by atoms with E-state index in [1.807, 2.05) is 32.9 Å². The van der Waals surface area contributed by atoms with E-state index in [4.69, 9.17) is 4.74 Å². The second-order valence-corrected chi connectivity index (χ2v) is 15.4. The Hall–Kier alpha value is -3.57. The molecule has 2 aromatic rings. The van der Waals surface area contributed by atoms with E-state index < -0.39 is 33.7 Å². The van der Waals surface area contributed by atoms with Gasteiger partial charge in [-0.2, -0.15) is 12.7 Å². The average molecular weight is 623 g/mol. The Morgan fingerprint density at radius 1 is 1.07 bits per heavy atom. The first-order valence-corrected chi connectivity index (χ1v) is 16.9. The maximum absolute atomic E-state index is 13.8. The van der Waals surface area contributed by atoms with Crippen LogP contribution in [0.1, 0.15) is 88.8 Å². The lowest BCUT2D eigenvalue weighted by molar-refractivity contribution is -0.119. The molecule has 1 aromatic carbocycles. The van der Waals surface area contributed by atoms with Crippen LogP contribution in [0.5, 0.6) is 5.75 Å². The molecule has 2 atom stereocenters. The number of benzene rings is 1. The SMILES string of the molecule is COc1ccc(C2CCCCC2)c2c1cc1n2C(N(C(=O)O)C(C)(C)C)=C2C(=C3C=CCCC31)C2C(=O)NS(=O)(=O)N(C)C. The highest BCUT2D eigenvalue weighted by Crippen LogP contribution is 2.59. The third-order valence-corrected chi connectivity index (χ3v) is 10.9. The summed E-state index contributed by atoms with van der Waals surface area (Å²) in [6, 6.07) is 6.28. The number of nitrogens with zero attached hydrogens (tertiary/aromatic N) is 3. The van der Waals surface area contributed by atoms with Crippen molar-refractivity contribution in [1.29, 1.82) is 0 Å². The largest absolute Gasteiger partial charge is 0.496 e. The smallest absolute Gasteiger partial charge is 0.413 e. The Bertz CT molecular complexity index is 1750. The van der Waals surface area contributed by atoms with Crippen molar-refractivity contribution in [2.45, 2.75) is 83.1 Å². The molecule has 2 heterocycles. The van der Waals surface area contributed by atoms with E-state index in [1.54, 1.807) is 7.11 Å². The van der Waals surface area contributed by atoms with Gasteiger partial charge < -0.3 is 9.84 Å². The normalized spacial score (nSPS) is 22.0. The lowest BCUT2D eigenvalue weighted by Gasteiger charge is -2.37. The van der Waals surface area contributed by atoms with Crippen LogP contribution >= 0.6 is 0 Å². The van der Waals surface area contributed by atoms with Gasteiger partial charge in [-0.15, -0.1) is 0 Å². The van der Waals surface area contributed by atoms with E-state index >= 15 is 0 Å². The van der Waals surface area contributed by atoms with Crippen molar-refractivity contribution in [2.75, 3.05) is 21.2 Å². The molecule has 1 aliphatic heterocycles. The number of carbonyl (C=O) groups excluding carboxylic acids is 1. The van der Waals surface area contributed by atoms with Crippen molar-refractivity contribution in [3.05, 3.63) is 58.3 Å². The number of carboxylic acid groups (broad SMARTS) is 1. The number of carbonyl (C=O) groups is 2. The van der Waals surface area contributed by atoms with Gasteiger partial charge in [-0.1, -0.05) is 37.5 Å². The van der Waals surface area contributed by atoms with Gasteiger partial charge in [-0.25, -0.2) is 9.52 Å². The Morgan fingerprint density at radius 2 is 1.77 bits per heavy atom. The number of rotatable bonds is 6. The minimum atomic E-state index is -4.06. The molecular formula is C33H42N4O6S. The van der Waals surface area contributed by atoms with E-state index in [0.717, 1.165) is 70.6 Å². The Kier molecular flexibility index (Phi) is 7.48. The number of amides is 2. The fourth-order valence-corrected chi connectivity index (χ4v) is 8.00. The van der Waals surface area contributed by atoms with Crippen LogP contribution in [0.2, 0.25) is 0 Å². The maximum atomic E-state index is 13.8. The van der Waals surface area contributed by atoms with E-state index in [2.05, 4.69) is 27.5 Å². The number of allylic oxidation sites excluding steroid dienone is 3. The van der Waals surface area contributed by atoms with Gasteiger partial charge in [0.2, 0.25) is 5.91 Å². The zero-order valence-electron chi connectivity index (χ0n) is 26.3. The van der Waals surface area contributed by atoms with E-state index in [1.165, 1.54) is 25.4 Å². The first-order valence-electron chi connectivity index (χ1n) is 15.4. The highest BCUT2D eigenvalue weighted by atomic mass is 32.2. The number of hydrogen-bond donors (Lipinski definition) is 2. The molecule has 2 N–H and O–H groups in total. The van der Waals surface area contributed by atoms with E-state index in [9.17, 15) is 23.1 Å². The predicted octanol–water partition coefficient (Wildman–Crippen LogP) is 5.94. The van der Waals surface area contributed by atoms with Gasteiger partial charge in [0.1, 0.15) is 11.6 Å². The second kappa shape index (κ2) is 10.8. The molecule has 10 nitrogen and oxygen atoms in total. The molecule has 2 fully saturated rings. The van der Waals surface area contributed by atoms with Crippen molar-refractivity contribution in [3.8, 4) is 5.75 Å². The summed E-state index contributed by atoms with van der Waals surface area (Å²) < 4.78 is 36.7. The third-order valence-electron chi connectivity index (χ3n) is 9.49. The lowest BCUT2D eigenvalue weighted by atomic mass is 9.83.